The monoisotopic (exact) mass is 460 g/mol. The van der Waals surface area contributed by atoms with E-state index in [4.69, 9.17) is 0 Å². The van der Waals surface area contributed by atoms with Crippen LogP contribution in [0.5, 0.6) is 0 Å². The van der Waals surface area contributed by atoms with Crippen LogP contribution in [0.4, 0.5) is 11.4 Å². The van der Waals surface area contributed by atoms with Gasteiger partial charge in [-0.05, 0) is 86.8 Å². The molecule has 0 saturated carbocycles. The Kier molecular flexibility index (Phi) is 8.74. The average Bonchev–Trinajstić information content (AvgIpc) is 2.85. The van der Waals surface area contributed by atoms with Crippen LogP contribution in [0.2, 0.25) is 0 Å². The van der Waals surface area contributed by atoms with Gasteiger partial charge in [-0.3, -0.25) is 19.6 Å². The minimum Gasteiger partial charge on any atom is -0.325 e. The van der Waals surface area contributed by atoms with Gasteiger partial charge in [-0.1, -0.05) is 26.8 Å². The first kappa shape index (κ1) is 25.3. The summed E-state index contributed by atoms with van der Waals surface area (Å²) in [6, 6.07) is 3.64. The summed E-state index contributed by atoms with van der Waals surface area (Å²) in [4.78, 5) is 33.6. The maximum absolute atomic E-state index is 13.1. The standard InChI is InChI=1S/C28H36N4O2/c1-6-18(3)25(21-11-9-8-10-12-21)14-22-13-23(16-29-19(22)4)28(34)32-26-15-24(17-30-20(26)5)31-27(33)7-2/h11,13-18H,6-10,12H2,1-5H3,(H,31,33)(H,32,34)/b25-14+. The normalized spacial score (nSPS) is 14.9. The van der Waals surface area contributed by atoms with Gasteiger partial charge in [0.2, 0.25) is 5.91 Å². The molecular formula is C28H36N4O2. The summed E-state index contributed by atoms with van der Waals surface area (Å²) in [5, 5.41) is 5.71. The Hall–Kier alpha value is -3.28. The van der Waals surface area contributed by atoms with Crippen LogP contribution in [0.15, 0.2) is 41.7 Å². The fraction of sp³-hybridized carbons (Fsp3) is 0.429. The Balaban J connectivity index is 1.89. The minimum atomic E-state index is -0.256. The third-order valence-electron chi connectivity index (χ3n) is 6.44. The van der Waals surface area contributed by atoms with Gasteiger partial charge in [-0.2, -0.15) is 0 Å². The van der Waals surface area contributed by atoms with Gasteiger partial charge >= 0.3 is 0 Å². The smallest absolute Gasteiger partial charge is 0.257 e. The minimum absolute atomic E-state index is 0.104. The predicted octanol–water partition coefficient (Wildman–Crippen LogP) is 6.62. The van der Waals surface area contributed by atoms with E-state index in [1.165, 1.54) is 24.0 Å². The predicted molar refractivity (Wildman–Crippen MR) is 139 cm³/mol. The highest BCUT2D eigenvalue weighted by atomic mass is 16.2. The van der Waals surface area contributed by atoms with Crippen LogP contribution >= 0.6 is 0 Å². The van der Waals surface area contributed by atoms with Crippen molar-refractivity contribution in [3.63, 3.8) is 0 Å². The third kappa shape index (κ3) is 6.40. The van der Waals surface area contributed by atoms with Crippen molar-refractivity contribution in [2.24, 2.45) is 5.92 Å². The molecule has 6 nitrogen and oxygen atoms in total. The van der Waals surface area contributed by atoms with E-state index in [-0.39, 0.29) is 11.8 Å². The Morgan fingerprint density at radius 3 is 2.50 bits per heavy atom. The Morgan fingerprint density at radius 1 is 1.06 bits per heavy atom. The second kappa shape index (κ2) is 11.7. The first-order valence-electron chi connectivity index (χ1n) is 12.3. The van der Waals surface area contributed by atoms with Crippen LogP contribution in [-0.2, 0) is 4.79 Å². The Labute approximate surface area is 203 Å². The number of rotatable bonds is 8. The van der Waals surface area contributed by atoms with Crippen LogP contribution in [0, 0.1) is 19.8 Å². The lowest BCUT2D eigenvalue weighted by molar-refractivity contribution is -0.115. The van der Waals surface area contributed by atoms with E-state index < -0.39 is 0 Å². The van der Waals surface area contributed by atoms with Gasteiger partial charge in [0, 0.05) is 18.3 Å². The number of anilines is 2. The molecule has 180 valence electrons. The molecule has 2 N–H and O–H groups in total. The maximum Gasteiger partial charge on any atom is 0.257 e. The fourth-order valence-electron chi connectivity index (χ4n) is 4.03. The summed E-state index contributed by atoms with van der Waals surface area (Å²) in [5.41, 5.74) is 6.92. The van der Waals surface area contributed by atoms with Gasteiger partial charge in [0.1, 0.15) is 0 Å². The van der Waals surface area contributed by atoms with Gasteiger partial charge in [0.15, 0.2) is 0 Å². The lowest BCUT2D eigenvalue weighted by Gasteiger charge is -2.21. The van der Waals surface area contributed by atoms with Crippen molar-refractivity contribution in [3.8, 4) is 0 Å². The van der Waals surface area contributed by atoms with Crippen LogP contribution in [0.25, 0.3) is 6.08 Å². The topological polar surface area (TPSA) is 84.0 Å². The van der Waals surface area contributed by atoms with Crippen molar-refractivity contribution in [2.75, 3.05) is 10.6 Å². The molecule has 0 aromatic carbocycles. The molecule has 6 heteroatoms. The Morgan fingerprint density at radius 2 is 1.82 bits per heavy atom. The lowest BCUT2D eigenvalue weighted by Crippen LogP contribution is -2.15. The largest absolute Gasteiger partial charge is 0.325 e. The summed E-state index contributed by atoms with van der Waals surface area (Å²) >= 11 is 0. The number of nitrogens with zero attached hydrogens (tertiary/aromatic N) is 2. The lowest BCUT2D eigenvalue weighted by atomic mass is 9.84. The van der Waals surface area contributed by atoms with Crippen LogP contribution in [0.3, 0.4) is 0 Å². The van der Waals surface area contributed by atoms with Crippen molar-refractivity contribution in [1.29, 1.82) is 0 Å². The molecule has 2 aromatic rings. The highest BCUT2D eigenvalue weighted by Gasteiger charge is 2.17. The number of nitrogens with one attached hydrogen (secondary N) is 2. The van der Waals surface area contributed by atoms with E-state index in [1.807, 2.05) is 19.9 Å². The number of allylic oxidation sites excluding steroid dienone is 3. The number of pyridine rings is 2. The summed E-state index contributed by atoms with van der Waals surface area (Å²) in [6.45, 7) is 10.1. The molecule has 1 atom stereocenters. The van der Waals surface area contributed by atoms with E-state index in [1.54, 1.807) is 25.4 Å². The number of hydrogen-bond acceptors (Lipinski definition) is 4. The zero-order valence-corrected chi connectivity index (χ0v) is 21.0. The van der Waals surface area contributed by atoms with Gasteiger partial charge in [0.05, 0.1) is 28.8 Å². The molecule has 34 heavy (non-hydrogen) atoms. The molecule has 3 rings (SSSR count). The van der Waals surface area contributed by atoms with E-state index in [9.17, 15) is 9.59 Å². The highest BCUT2D eigenvalue weighted by molar-refractivity contribution is 6.05. The van der Waals surface area contributed by atoms with Gasteiger partial charge in [-0.25, -0.2) is 0 Å². The molecule has 0 bridgehead atoms. The van der Waals surface area contributed by atoms with Crippen molar-refractivity contribution in [3.05, 3.63) is 64.3 Å². The maximum atomic E-state index is 13.1. The molecule has 0 saturated heterocycles. The number of aryl methyl sites for hydroxylation is 2. The molecule has 0 fully saturated rings. The summed E-state index contributed by atoms with van der Waals surface area (Å²) in [7, 11) is 0. The summed E-state index contributed by atoms with van der Waals surface area (Å²) < 4.78 is 0. The first-order valence-corrected chi connectivity index (χ1v) is 12.3. The zero-order chi connectivity index (χ0) is 24.7. The van der Waals surface area contributed by atoms with Gasteiger partial charge < -0.3 is 10.6 Å². The summed E-state index contributed by atoms with van der Waals surface area (Å²) in [5.74, 6) is 0.0799. The molecule has 1 aliphatic rings. The molecule has 2 heterocycles. The number of hydrogen-bond donors (Lipinski definition) is 2. The third-order valence-corrected chi connectivity index (χ3v) is 6.44. The van der Waals surface area contributed by atoms with Crippen molar-refractivity contribution < 1.29 is 9.59 Å². The quantitative estimate of drug-likeness (QED) is 0.463. The van der Waals surface area contributed by atoms with Crippen LogP contribution < -0.4 is 10.6 Å². The molecule has 0 spiro atoms. The zero-order valence-electron chi connectivity index (χ0n) is 21.0. The van der Waals surface area contributed by atoms with E-state index >= 15 is 0 Å². The number of amides is 2. The molecular weight excluding hydrogens is 424 g/mol. The average molecular weight is 461 g/mol. The molecule has 1 unspecified atom stereocenters. The second-order valence-electron chi connectivity index (χ2n) is 9.00. The highest BCUT2D eigenvalue weighted by Crippen LogP contribution is 2.32. The Bertz CT molecular complexity index is 1120. The summed E-state index contributed by atoms with van der Waals surface area (Å²) in [6.07, 6.45) is 14.0. The first-order chi connectivity index (χ1) is 16.3. The molecule has 1 aliphatic carbocycles. The fourth-order valence-corrected chi connectivity index (χ4v) is 4.03. The van der Waals surface area contributed by atoms with Crippen molar-refractivity contribution in [1.82, 2.24) is 9.97 Å². The van der Waals surface area contributed by atoms with Crippen LogP contribution in [-0.4, -0.2) is 21.8 Å². The van der Waals surface area contributed by atoms with Crippen molar-refractivity contribution in [2.45, 2.75) is 73.1 Å². The van der Waals surface area contributed by atoms with Gasteiger partial charge in [0.25, 0.3) is 5.91 Å². The van der Waals surface area contributed by atoms with E-state index in [0.29, 0.717) is 35.0 Å². The number of aromatic nitrogens is 2. The van der Waals surface area contributed by atoms with E-state index in [0.717, 1.165) is 30.5 Å². The van der Waals surface area contributed by atoms with Crippen LogP contribution in [0.1, 0.15) is 86.6 Å². The molecule has 2 aromatic heterocycles. The SMILES string of the molecule is CCC(=O)Nc1cnc(C)c(NC(=O)c2cnc(C)c(/C=C(/C3=CCCCC3)C(C)CC)c2)c1. The van der Waals surface area contributed by atoms with Gasteiger partial charge in [-0.15, -0.1) is 0 Å². The second-order valence-corrected chi connectivity index (χ2v) is 9.00. The van der Waals surface area contributed by atoms with Crippen molar-refractivity contribution >= 4 is 29.3 Å². The number of carbonyl (C=O) groups excluding carboxylic acids is 2. The molecule has 0 aliphatic heterocycles. The van der Waals surface area contributed by atoms with E-state index in [2.05, 4.69) is 46.6 Å². The number of carbonyl (C=O) groups is 2. The molecule has 2 amide bonds. The molecule has 0 radical (unpaired) electrons.